The summed E-state index contributed by atoms with van der Waals surface area (Å²) in [5.41, 5.74) is 0.216. The molecule has 3 aromatic carbocycles. The number of aliphatic hydroxyl groups excluding tert-OH is 1. The molecule has 0 fully saturated rings. The van der Waals surface area contributed by atoms with Crippen molar-refractivity contribution in [3.05, 3.63) is 89.2 Å². The van der Waals surface area contributed by atoms with Crippen LogP contribution < -0.4 is 0 Å². The summed E-state index contributed by atoms with van der Waals surface area (Å²) in [7, 11) is 0. The highest BCUT2D eigenvalue weighted by atomic mass is 19.1. The maximum atomic E-state index is 13.2. The minimum absolute atomic E-state index is 0.0991. The van der Waals surface area contributed by atoms with E-state index in [2.05, 4.69) is 0 Å². The van der Waals surface area contributed by atoms with Crippen LogP contribution in [0.3, 0.4) is 0 Å². The van der Waals surface area contributed by atoms with Crippen LogP contribution in [0.4, 0.5) is 4.39 Å². The van der Waals surface area contributed by atoms with Gasteiger partial charge in [0.25, 0.3) is 0 Å². The van der Waals surface area contributed by atoms with Crippen LogP contribution in [0.1, 0.15) is 18.1 Å². The van der Waals surface area contributed by atoms with Crippen molar-refractivity contribution in [3.8, 4) is 0 Å². The molecule has 0 unspecified atom stereocenters. The maximum absolute atomic E-state index is 13.2. The minimum Gasteiger partial charge on any atom is -0.506 e. The number of carbonyl (C=O) groups is 1. The van der Waals surface area contributed by atoms with E-state index in [-0.39, 0.29) is 23.7 Å². The van der Waals surface area contributed by atoms with Crippen molar-refractivity contribution in [1.29, 1.82) is 5.41 Å². The van der Waals surface area contributed by atoms with Crippen LogP contribution in [0, 0.1) is 11.2 Å². The summed E-state index contributed by atoms with van der Waals surface area (Å²) in [6, 6.07) is 17.9. The average molecular weight is 363 g/mol. The first-order valence-corrected chi connectivity index (χ1v) is 8.46. The number of carbonyl (C=O) groups excluding carboxylic acids is 1. The van der Waals surface area contributed by atoms with E-state index in [9.17, 15) is 14.3 Å². The lowest BCUT2D eigenvalue weighted by Gasteiger charge is -2.13. The molecule has 3 aromatic rings. The van der Waals surface area contributed by atoms with Crippen LogP contribution in [-0.4, -0.2) is 23.4 Å². The predicted octanol–water partition coefficient (Wildman–Crippen LogP) is 4.88. The van der Waals surface area contributed by atoms with Crippen molar-refractivity contribution in [2.24, 2.45) is 0 Å². The number of nitrogens with one attached hydrogen (secondary N) is 1. The third kappa shape index (κ3) is 3.72. The molecule has 0 saturated carbocycles. The molecule has 0 aromatic heterocycles. The molecule has 4 nitrogen and oxygen atoms in total. The first-order valence-electron chi connectivity index (χ1n) is 8.46. The van der Waals surface area contributed by atoms with Gasteiger partial charge in [-0.1, -0.05) is 42.5 Å². The van der Waals surface area contributed by atoms with Crippen LogP contribution in [0.15, 0.2) is 72.3 Å². The molecule has 0 saturated heterocycles. The summed E-state index contributed by atoms with van der Waals surface area (Å²) >= 11 is 0. The summed E-state index contributed by atoms with van der Waals surface area (Å²) in [5.74, 6) is -1.61. The summed E-state index contributed by atoms with van der Waals surface area (Å²) < 4.78 is 18.3. The molecule has 0 aliphatic rings. The van der Waals surface area contributed by atoms with Crippen molar-refractivity contribution in [3.63, 3.8) is 0 Å². The zero-order valence-corrected chi connectivity index (χ0v) is 14.7. The Morgan fingerprint density at radius 3 is 2.41 bits per heavy atom. The molecular weight excluding hydrogens is 345 g/mol. The van der Waals surface area contributed by atoms with Crippen molar-refractivity contribution in [2.45, 2.75) is 6.92 Å². The second kappa shape index (κ2) is 7.83. The fraction of sp³-hybridized carbons (Fsp3) is 0.0909. The average Bonchev–Trinajstić information content (AvgIpc) is 2.68. The Morgan fingerprint density at radius 1 is 1.04 bits per heavy atom. The van der Waals surface area contributed by atoms with E-state index in [1.165, 1.54) is 24.3 Å². The summed E-state index contributed by atoms with van der Waals surface area (Å²) in [4.78, 5) is 12.5. The van der Waals surface area contributed by atoms with Gasteiger partial charge in [0.2, 0.25) is 0 Å². The van der Waals surface area contributed by atoms with Crippen LogP contribution in [0.5, 0.6) is 0 Å². The fourth-order valence-corrected chi connectivity index (χ4v) is 2.85. The van der Waals surface area contributed by atoms with Crippen LogP contribution in [-0.2, 0) is 9.53 Å². The Hall–Kier alpha value is -3.47. The van der Waals surface area contributed by atoms with E-state index < -0.39 is 11.8 Å². The van der Waals surface area contributed by atoms with E-state index in [4.69, 9.17) is 10.1 Å². The number of hydrogen-bond donors (Lipinski definition) is 2. The van der Waals surface area contributed by atoms with Gasteiger partial charge >= 0.3 is 5.97 Å². The van der Waals surface area contributed by atoms with Crippen LogP contribution >= 0.6 is 0 Å². The summed E-state index contributed by atoms with van der Waals surface area (Å²) in [5, 5.41) is 21.0. The molecule has 136 valence electrons. The van der Waals surface area contributed by atoms with Gasteiger partial charge in [-0.25, -0.2) is 9.18 Å². The van der Waals surface area contributed by atoms with E-state index in [0.29, 0.717) is 11.1 Å². The molecule has 5 heteroatoms. The first-order chi connectivity index (χ1) is 13.0. The number of ether oxygens (including phenoxy) is 1. The third-order valence-corrected chi connectivity index (χ3v) is 4.14. The minimum atomic E-state index is -0.808. The molecule has 0 heterocycles. The van der Waals surface area contributed by atoms with Crippen LogP contribution in [0.25, 0.3) is 16.5 Å². The van der Waals surface area contributed by atoms with Gasteiger partial charge in [-0.2, -0.15) is 0 Å². The standard InChI is InChI=1S/C22H18FNO3/c1-2-27-22(26)19(20(24)15-10-12-16(23)13-11-15)21(25)18-9-5-7-14-6-3-4-8-17(14)18/h3-13,24-25H,2H2,1H3. The van der Waals surface area contributed by atoms with Gasteiger partial charge < -0.3 is 9.84 Å². The Morgan fingerprint density at radius 2 is 1.70 bits per heavy atom. The topological polar surface area (TPSA) is 70.4 Å². The molecule has 0 spiro atoms. The highest BCUT2D eigenvalue weighted by Crippen LogP contribution is 2.27. The van der Waals surface area contributed by atoms with Gasteiger partial charge in [-0.05, 0) is 42.0 Å². The molecule has 3 rings (SSSR count). The van der Waals surface area contributed by atoms with Crippen molar-refractivity contribution >= 4 is 28.2 Å². The van der Waals surface area contributed by atoms with Gasteiger partial charge in [0.1, 0.15) is 17.1 Å². The predicted molar refractivity (Wildman–Crippen MR) is 103 cm³/mol. The highest BCUT2D eigenvalue weighted by molar-refractivity contribution is 6.29. The summed E-state index contributed by atoms with van der Waals surface area (Å²) in [6.07, 6.45) is 0. The third-order valence-electron chi connectivity index (χ3n) is 4.14. The Kier molecular flexibility index (Phi) is 5.31. The number of hydrogen-bond acceptors (Lipinski definition) is 4. The summed E-state index contributed by atoms with van der Waals surface area (Å²) in [6.45, 7) is 1.74. The molecule has 27 heavy (non-hydrogen) atoms. The Labute approximate surface area is 156 Å². The Balaban J connectivity index is 2.20. The largest absolute Gasteiger partial charge is 0.506 e. The smallest absolute Gasteiger partial charge is 0.344 e. The van der Waals surface area contributed by atoms with E-state index in [0.717, 1.165) is 10.8 Å². The zero-order chi connectivity index (χ0) is 19.4. The molecule has 0 aliphatic carbocycles. The molecule has 2 N–H and O–H groups in total. The fourth-order valence-electron chi connectivity index (χ4n) is 2.85. The highest BCUT2D eigenvalue weighted by Gasteiger charge is 2.24. The van der Waals surface area contributed by atoms with Crippen molar-refractivity contribution < 1.29 is 19.0 Å². The maximum Gasteiger partial charge on any atom is 0.344 e. The molecule has 0 aliphatic heterocycles. The van der Waals surface area contributed by atoms with E-state index in [1.807, 2.05) is 30.3 Å². The van der Waals surface area contributed by atoms with E-state index >= 15 is 0 Å². The second-order valence-corrected chi connectivity index (χ2v) is 5.85. The van der Waals surface area contributed by atoms with Gasteiger partial charge in [-0.3, -0.25) is 5.41 Å². The zero-order valence-electron chi connectivity index (χ0n) is 14.7. The van der Waals surface area contributed by atoms with Crippen molar-refractivity contribution in [2.75, 3.05) is 6.61 Å². The number of esters is 1. The quantitative estimate of drug-likeness (QED) is 0.294. The first kappa shape index (κ1) is 18.3. The lowest BCUT2D eigenvalue weighted by Crippen LogP contribution is -2.18. The number of halogens is 1. The molecule has 0 amide bonds. The van der Waals surface area contributed by atoms with Crippen LogP contribution in [0.2, 0.25) is 0 Å². The van der Waals surface area contributed by atoms with Gasteiger partial charge in [0.05, 0.1) is 12.3 Å². The van der Waals surface area contributed by atoms with E-state index in [1.54, 1.807) is 19.1 Å². The molecule has 0 radical (unpaired) electrons. The number of rotatable bonds is 5. The normalized spacial score (nSPS) is 11.8. The van der Waals surface area contributed by atoms with Crippen molar-refractivity contribution in [1.82, 2.24) is 0 Å². The molecule has 0 bridgehead atoms. The van der Waals surface area contributed by atoms with Gasteiger partial charge in [0, 0.05) is 11.1 Å². The van der Waals surface area contributed by atoms with Gasteiger partial charge in [0.15, 0.2) is 0 Å². The lowest BCUT2D eigenvalue weighted by molar-refractivity contribution is -0.137. The lowest BCUT2D eigenvalue weighted by atomic mass is 9.96. The number of benzene rings is 3. The second-order valence-electron chi connectivity index (χ2n) is 5.85. The monoisotopic (exact) mass is 363 g/mol. The van der Waals surface area contributed by atoms with Gasteiger partial charge in [-0.15, -0.1) is 0 Å². The number of fused-ring (bicyclic) bond motifs is 1. The molecular formula is C22H18FNO3. The Bertz CT molecular complexity index is 1030. The number of aliphatic hydroxyl groups is 1. The molecule has 0 atom stereocenters. The SMILES string of the molecule is CCOC(=O)C(C(=N)c1ccc(F)cc1)=C(O)c1cccc2ccccc12.